The molecule has 0 saturated carbocycles. The maximum atomic E-state index is 2.70. The Labute approximate surface area is 547 Å². The van der Waals surface area contributed by atoms with Crippen LogP contribution < -0.4 is 26.2 Å². The molecule has 2 aliphatic heterocycles. The summed E-state index contributed by atoms with van der Waals surface area (Å²) in [6.07, 6.45) is 0. The third-order valence-corrected chi connectivity index (χ3v) is 20.5. The van der Waals surface area contributed by atoms with Crippen LogP contribution in [-0.4, -0.2) is 11.3 Å². The van der Waals surface area contributed by atoms with Gasteiger partial charge in [0.05, 0.1) is 22.4 Å². The molecule has 3 nitrogen and oxygen atoms in total. The van der Waals surface area contributed by atoms with Crippen molar-refractivity contribution >= 4 is 122 Å². The second-order valence-corrected chi connectivity index (χ2v) is 26.6. The van der Waals surface area contributed by atoms with Crippen molar-refractivity contribution in [2.75, 3.05) is 9.80 Å². The predicted octanol–water partition coefficient (Wildman–Crippen LogP) is 22.5. The molecule has 1 aromatic heterocycles. The maximum Gasteiger partial charge on any atom is 0.252 e. The van der Waals surface area contributed by atoms with Crippen LogP contribution in [0.4, 0.5) is 34.1 Å². The van der Waals surface area contributed by atoms with Gasteiger partial charge < -0.3 is 14.4 Å². The second-order valence-electron chi connectivity index (χ2n) is 26.6. The van der Waals surface area contributed by atoms with Gasteiger partial charge in [0.15, 0.2) is 0 Å². The Hall–Kier alpha value is -11.7. The molecule has 0 radical (unpaired) electrons. The minimum absolute atomic E-state index is 0.221. The lowest BCUT2D eigenvalue weighted by Gasteiger charge is -2.46. The molecular formula is C90H62BN3. The molecule has 17 aromatic rings. The lowest BCUT2D eigenvalue weighted by Crippen LogP contribution is -2.61. The van der Waals surface area contributed by atoms with Crippen molar-refractivity contribution in [2.24, 2.45) is 0 Å². The number of nitrogens with zero attached hydrogens (tertiary/aromatic N) is 3. The van der Waals surface area contributed by atoms with Gasteiger partial charge in [0, 0.05) is 61.5 Å². The van der Waals surface area contributed by atoms with E-state index in [1.807, 2.05) is 0 Å². The zero-order valence-electron chi connectivity index (χ0n) is 52.5. The molecular weight excluding hydrogens is 1130 g/mol. The molecule has 0 N–H and O–H groups in total. The highest BCUT2D eigenvalue weighted by Crippen LogP contribution is 2.55. The zero-order valence-corrected chi connectivity index (χ0v) is 52.5. The molecule has 2 aliphatic rings. The molecule has 440 valence electrons. The molecule has 19 rings (SSSR count). The Kier molecular flexibility index (Phi) is 12.0. The minimum atomic E-state index is -0.281. The quantitative estimate of drug-likeness (QED) is 0.0853. The van der Waals surface area contributed by atoms with Gasteiger partial charge in [0.25, 0.3) is 6.71 Å². The van der Waals surface area contributed by atoms with Crippen LogP contribution in [0.1, 0.15) is 26.3 Å². The van der Waals surface area contributed by atoms with E-state index in [-0.39, 0.29) is 12.1 Å². The maximum absolute atomic E-state index is 2.70. The molecule has 0 saturated heterocycles. The summed E-state index contributed by atoms with van der Waals surface area (Å²) in [5, 5.41) is 12.8. The average Bonchev–Trinajstić information content (AvgIpc) is 0.785. The van der Waals surface area contributed by atoms with Gasteiger partial charge in [-0.15, -0.1) is 0 Å². The Bertz CT molecular complexity index is 5690. The first-order chi connectivity index (χ1) is 46.3. The van der Waals surface area contributed by atoms with Gasteiger partial charge >= 0.3 is 0 Å². The Morgan fingerprint density at radius 1 is 0.277 bits per heavy atom. The molecule has 0 amide bonds. The van der Waals surface area contributed by atoms with Gasteiger partial charge in [-0.3, -0.25) is 0 Å². The van der Waals surface area contributed by atoms with Crippen molar-refractivity contribution in [2.45, 2.75) is 26.2 Å². The Morgan fingerprint density at radius 3 is 1.23 bits per heavy atom. The van der Waals surface area contributed by atoms with Gasteiger partial charge in [-0.25, -0.2) is 0 Å². The molecule has 0 spiro atoms. The average molecular weight is 1200 g/mol. The third-order valence-electron chi connectivity index (χ3n) is 20.5. The zero-order chi connectivity index (χ0) is 62.3. The van der Waals surface area contributed by atoms with E-state index in [1.165, 1.54) is 104 Å². The molecule has 0 atom stereocenters. The number of hydrogen-bond donors (Lipinski definition) is 0. The molecule has 4 heteroatoms. The summed E-state index contributed by atoms with van der Waals surface area (Å²) >= 11 is 0. The first-order valence-corrected chi connectivity index (χ1v) is 32.9. The summed E-state index contributed by atoms with van der Waals surface area (Å²) in [4.78, 5) is 5.38. The van der Waals surface area contributed by atoms with Crippen LogP contribution in [0, 0.1) is 0 Å². The molecule has 3 heterocycles. The van der Waals surface area contributed by atoms with E-state index in [1.54, 1.807) is 0 Å². The standard InChI is InChI=1S/C90H62BN3/c1-90(2,3)63-54-83-87-84(55-63)94(89-68(59-29-12-6-13-30-59)39-23-40-69(89)60-31-14-7-15-32-60)82-56-64(92-79-45-18-16-35-70(79)71-36-17-19-46-80(71)92)48-51-77(82)91(87)78-53-62(65-49-50-76-74-42-21-34-61-33-20-41-73(85(61)74)75-44-24-43-72(65)86(75)76)47-52-81(78)93(83)88-66(57-25-8-4-9-26-57)37-22-38-67(88)58-27-10-5-11-28-58/h4-56H,1-3H3. The van der Waals surface area contributed by atoms with Crippen LogP contribution in [0.3, 0.4) is 0 Å². The van der Waals surface area contributed by atoms with Crippen LogP contribution in [0.5, 0.6) is 0 Å². The van der Waals surface area contributed by atoms with Crippen molar-refractivity contribution in [1.29, 1.82) is 0 Å². The predicted molar refractivity (Wildman–Crippen MR) is 402 cm³/mol. The van der Waals surface area contributed by atoms with Crippen molar-refractivity contribution in [3.8, 4) is 61.3 Å². The SMILES string of the molecule is CC(C)(C)c1cc2c3c(c1)N(c1c(-c4ccccc4)cccc1-c1ccccc1)c1cc(-n4c5ccccc5c5ccccc54)ccc1B3c1cc(-c3ccc4c5cccc6cccc(c7cccc3c74)c65)ccc1N2c1c(-c2ccccc2)cccc1-c1ccccc1. The fraction of sp³-hybridized carbons (Fsp3) is 0.0444. The summed E-state index contributed by atoms with van der Waals surface area (Å²) in [7, 11) is 0. The second kappa shape index (κ2) is 20.9. The normalized spacial score (nSPS) is 12.8. The fourth-order valence-corrected chi connectivity index (χ4v) is 16.3. The minimum Gasteiger partial charge on any atom is -0.310 e. The van der Waals surface area contributed by atoms with Crippen LogP contribution in [0.25, 0.3) is 126 Å². The van der Waals surface area contributed by atoms with E-state index in [0.717, 1.165) is 78.6 Å². The number of fused-ring (bicyclic) bond motifs is 9. The number of anilines is 6. The fourth-order valence-electron chi connectivity index (χ4n) is 16.3. The van der Waals surface area contributed by atoms with E-state index in [4.69, 9.17) is 0 Å². The van der Waals surface area contributed by atoms with E-state index in [0.29, 0.717) is 0 Å². The van der Waals surface area contributed by atoms with Gasteiger partial charge in [0.1, 0.15) is 0 Å². The molecule has 0 bridgehead atoms. The highest BCUT2D eigenvalue weighted by molar-refractivity contribution is 7.00. The van der Waals surface area contributed by atoms with Crippen LogP contribution in [-0.2, 0) is 5.41 Å². The van der Waals surface area contributed by atoms with Gasteiger partial charge in [-0.2, -0.15) is 0 Å². The Morgan fingerprint density at radius 2 is 0.713 bits per heavy atom. The van der Waals surface area contributed by atoms with Crippen molar-refractivity contribution in [1.82, 2.24) is 4.57 Å². The van der Waals surface area contributed by atoms with Crippen LogP contribution >= 0.6 is 0 Å². The summed E-state index contributed by atoms with van der Waals surface area (Å²) in [5.74, 6) is 0. The first-order valence-electron chi connectivity index (χ1n) is 32.9. The van der Waals surface area contributed by atoms with Crippen molar-refractivity contribution < 1.29 is 0 Å². The summed E-state index contributed by atoms with van der Waals surface area (Å²) in [5.41, 5.74) is 26.7. The molecule has 16 aromatic carbocycles. The molecule has 0 aliphatic carbocycles. The number of rotatable bonds is 8. The summed E-state index contributed by atoms with van der Waals surface area (Å²) in [6, 6.07) is 121. The highest BCUT2D eigenvalue weighted by Gasteiger charge is 2.46. The smallest absolute Gasteiger partial charge is 0.252 e. The lowest BCUT2D eigenvalue weighted by atomic mass is 9.33. The molecule has 0 unspecified atom stereocenters. The van der Waals surface area contributed by atoms with Gasteiger partial charge in [-0.1, -0.05) is 300 Å². The topological polar surface area (TPSA) is 11.4 Å². The van der Waals surface area contributed by atoms with E-state index in [2.05, 4.69) is 357 Å². The van der Waals surface area contributed by atoms with Gasteiger partial charge in [0.2, 0.25) is 0 Å². The number of benzene rings is 16. The lowest BCUT2D eigenvalue weighted by molar-refractivity contribution is 0.590. The number of hydrogen-bond acceptors (Lipinski definition) is 2. The van der Waals surface area contributed by atoms with E-state index >= 15 is 0 Å². The molecule has 0 fully saturated rings. The van der Waals surface area contributed by atoms with Crippen LogP contribution in [0.2, 0.25) is 0 Å². The number of aromatic nitrogens is 1. The molecule has 94 heavy (non-hydrogen) atoms. The van der Waals surface area contributed by atoms with E-state index < -0.39 is 0 Å². The first kappa shape index (κ1) is 54.1. The van der Waals surface area contributed by atoms with Crippen molar-refractivity contribution in [3.63, 3.8) is 0 Å². The summed E-state index contributed by atoms with van der Waals surface area (Å²) in [6.45, 7) is 6.93. The monoisotopic (exact) mass is 1200 g/mol. The number of para-hydroxylation sites is 4. The van der Waals surface area contributed by atoms with E-state index in [9.17, 15) is 0 Å². The largest absolute Gasteiger partial charge is 0.310 e. The third kappa shape index (κ3) is 8.12. The van der Waals surface area contributed by atoms with Crippen molar-refractivity contribution in [3.05, 3.63) is 327 Å². The Balaban J connectivity index is 0.973. The summed E-state index contributed by atoms with van der Waals surface area (Å²) < 4.78 is 2.49. The van der Waals surface area contributed by atoms with Crippen LogP contribution in [0.15, 0.2) is 322 Å². The van der Waals surface area contributed by atoms with Gasteiger partial charge in [-0.05, 0) is 146 Å². The highest BCUT2D eigenvalue weighted by atomic mass is 15.2.